The van der Waals surface area contributed by atoms with Gasteiger partial charge in [0.1, 0.15) is 24.9 Å². The summed E-state index contributed by atoms with van der Waals surface area (Å²) in [5.74, 6) is -1.68. The summed E-state index contributed by atoms with van der Waals surface area (Å²) < 4.78 is 17.7. The van der Waals surface area contributed by atoms with Gasteiger partial charge < -0.3 is 25.3 Å². The highest BCUT2D eigenvalue weighted by Gasteiger charge is 2.37. The normalized spacial score (nSPS) is 18.4. The van der Waals surface area contributed by atoms with Crippen LogP contribution in [0.15, 0.2) is 50.1 Å². The quantitative estimate of drug-likeness (QED) is 0.0473. The average Bonchev–Trinajstić information content (AvgIpc) is 3.35. The monoisotopic (exact) mass is 617 g/mol. The molecule has 3 rings (SSSR count). The Morgan fingerprint density at radius 2 is 1.98 bits per heavy atom. The van der Waals surface area contributed by atoms with Crippen LogP contribution in [0.25, 0.3) is 10.4 Å². The number of carbonyl (C=O) groups excluding carboxylic acids is 3. The van der Waals surface area contributed by atoms with E-state index in [0.717, 1.165) is 10.5 Å². The van der Waals surface area contributed by atoms with Gasteiger partial charge in [0, 0.05) is 60.3 Å². The number of carbonyl (C=O) groups is 3. The Morgan fingerprint density at radius 3 is 2.70 bits per heavy atom. The van der Waals surface area contributed by atoms with Crippen molar-refractivity contribution in [3.63, 3.8) is 0 Å². The second-order valence-corrected chi connectivity index (χ2v) is 11.1. The van der Waals surface area contributed by atoms with Crippen LogP contribution in [0.4, 0.5) is 0 Å². The van der Waals surface area contributed by atoms with Crippen molar-refractivity contribution in [2.45, 2.75) is 69.3 Å². The van der Waals surface area contributed by atoms with Gasteiger partial charge in [-0.1, -0.05) is 42.0 Å². The number of primary amides is 1. The fraction of sp³-hybridized carbons (Fsp3) is 0.519. The molecule has 4 N–H and O–H groups in total. The molecule has 1 amide bonds. The number of amides is 1. The number of hydrogen-bond donors (Lipinski definition) is 3. The number of hydrogen-bond acceptors (Lipinski definition) is 11. The first kappa shape index (κ1) is 33.4. The van der Waals surface area contributed by atoms with Crippen LogP contribution in [-0.2, 0) is 35.1 Å². The zero-order chi connectivity index (χ0) is 31.4. The van der Waals surface area contributed by atoms with Gasteiger partial charge in [-0.05, 0) is 30.0 Å². The van der Waals surface area contributed by atoms with E-state index in [1.165, 1.54) is 22.5 Å². The summed E-state index contributed by atoms with van der Waals surface area (Å²) in [6.45, 7) is 4.04. The van der Waals surface area contributed by atoms with Gasteiger partial charge in [-0.2, -0.15) is 0 Å². The summed E-state index contributed by atoms with van der Waals surface area (Å²) in [5, 5.41) is 6.85. The van der Waals surface area contributed by atoms with Crippen molar-refractivity contribution in [3.05, 3.63) is 72.9 Å². The Hall–Kier alpha value is -4.11. The van der Waals surface area contributed by atoms with Crippen LogP contribution >= 0.6 is 11.8 Å². The van der Waals surface area contributed by atoms with Gasteiger partial charge in [0.25, 0.3) is 5.56 Å². The smallest absolute Gasteiger partial charge is 0.330 e. The molecule has 232 valence electrons. The Labute approximate surface area is 251 Å². The number of azide groups is 1. The minimum atomic E-state index is -0.820. The minimum Gasteiger partial charge on any atom is -0.463 e. The van der Waals surface area contributed by atoms with Crippen molar-refractivity contribution in [1.82, 2.24) is 14.9 Å². The van der Waals surface area contributed by atoms with Gasteiger partial charge in [-0.15, -0.1) is 0 Å². The Balaban J connectivity index is 1.41. The van der Waals surface area contributed by atoms with Crippen LogP contribution in [0.1, 0.15) is 50.0 Å². The molecule has 0 radical (unpaired) electrons. The highest BCUT2D eigenvalue weighted by Crippen LogP contribution is 2.30. The number of esters is 2. The van der Waals surface area contributed by atoms with Crippen molar-refractivity contribution in [2.75, 3.05) is 19.1 Å². The van der Waals surface area contributed by atoms with Gasteiger partial charge in [0.2, 0.25) is 5.91 Å². The third-order valence-corrected chi connectivity index (χ3v) is 7.51. The molecule has 1 aliphatic rings. The van der Waals surface area contributed by atoms with Crippen LogP contribution < -0.4 is 22.3 Å². The number of H-pyrrole nitrogens is 1. The lowest BCUT2D eigenvalue weighted by Crippen LogP contribution is -2.33. The molecule has 1 aromatic carbocycles. The molecule has 15 nitrogen and oxygen atoms in total. The lowest BCUT2D eigenvalue weighted by molar-refractivity contribution is -0.150. The van der Waals surface area contributed by atoms with Gasteiger partial charge in [-0.25, -0.2) is 4.79 Å². The van der Waals surface area contributed by atoms with E-state index in [1.807, 2.05) is 24.3 Å². The Kier molecular flexibility index (Phi) is 12.8. The summed E-state index contributed by atoms with van der Waals surface area (Å²) in [6, 6.07) is 6.91. The van der Waals surface area contributed by atoms with E-state index in [4.69, 9.17) is 25.5 Å². The lowest BCUT2D eigenvalue weighted by Gasteiger charge is -2.17. The number of benzene rings is 1. The van der Waals surface area contributed by atoms with Crippen LogP contribution in [-0.4, -0.2) is 58.6 Å². The van der Waals surface area contributed by atoms with Crippen molar-refractivity contribution in [1.29, 1.82) is 0 Å². The van der Waals surface area contributed by atoms with Gasteiger partial charge in [0.15, 0.2) is 0 Å². The number of nitrogens with zero attached hydrogens (tertiary/aromatic N) is 4. The zero-order valence-corrected chi connectivity index (χ0v) is 24.7. The van der Waals surface area contributed by atoms with Crippen molar-refractivity contribution >= 4 is 29.6 Å². The van der Waals surface area contributed by atoms with Crippen molar-refractivity contribution in [3.8, 4) is 0 Å². The van der Waals surface area contributed by atoms with Crippen molar-refractivity contribution < 1.29 is 28.6 Å². The number of aromatic nitrogens is 2. The predicted molar refractivity (Wildman–Crippen MR) is 156 cm³/mol. The maximum absolute atomic E-state index is 12.5. The summed E-state index contributed by atoms with van der Waals surface area (Å²) in [6.07, 6.45) is 0.0734. The molecule has 1 unspecified atom stereocenters. The van der Waals surface area contributed by atoms with Gasteiger partial charge in [-0.3, -0.25) is 28.7 Å². The number of rotatable bonds is 16. The Morgan fingerprint density at radius 1 is 1.26 bits per heavy atom. The SMILES string of the molecule is Cc1cn([C@H]2C[C@H](N=[N+]=[N-])[C@@H](COC(=O)CC(C)CC(=O)OCSc3ccccc3CNCCC(N)=O)O2)c(=O)[nH]c1=O. The van der Waals surface area contributed by atoms with Crippen LogP contribution in [0.5, 0.6) is 0 Å². The van der Waals surface area contributed by atoms with Crippen LogP contribution in [0.3, 0.4) is 0 Å². The average molecular weight is 618 g/mol. The molecule has 43 heavy (non-hydrogen) atoms. The zero-order valence-electron chi connectivity index (χ0n) is 23.9. The van der Waals surface area contributed by atoms with Gasteiger partial charge >= 0.3 is 17.6 Å². The molecule has 0 spiro atoms. The molecule has 1 saturated heterocycles. The largest absolute Gasteiger partial charge is 0.463 e. The Bertz CT molecular complexity index is 1460. The highest BCUT2D eigenvalue weighted by atomic mass is 32.2. The summed E-state index contributed by atoms with van der Waals surface area (Å²) in [5.41, 5.74) is 14.2. The molecule has 1 fully saturated rings. The molecule has 4 atom stereocenters. The van der Waals surface area contributed by atoms with E-state index < -0.39 is 41.6 Å². The molecule has 16 heteroatoms. The second kappa shape index (κ2) is 16.5. The molecule has 0 bridgehead atoms. The van der Waals surface area contributed by atoms with Gasteiger partial charge in [0.05, 0.1) is 6.04 Å². The maximum Gasteiger partial charge on any atom is 0.330 e. The fourth-order valence-electron chi connectivity index (χ4n) is 4.34. The maximum atomic E-state index is 12.5. The van der Waals surface area contributed by atoms with Crippen LogP contribution in [0.2, 0.25) is 0 Å². The number of ether oxygens (including phenoxy) is 3. The van der Waals surface area contributed by atoms with E-state index >= 15 is 0 Å². The number of aromatic amines is 1. The molecule has 0 saturated carbocycles. The number of nitrogens with one attached hydrogen (secondary N) is 2. The second-order valence-electron chi connectivity index (χ2n) is 10.1. The van der Waals surface area contributed by atoms with E-state index in [9.17, 15) is 24.0 Å². The third-order valence-electron chi connectivity index (χ3n) is 6.57. The summed E-state index contributed by atoms with van der Waals surface area (Å²) >= 11 is 1.35. The van der Waals surface area contributed by atoms with E-state index in [1.54, 1.807) is 13.8 Å². The number of aryl methyl sites for hydroxylation is 1. The first-order valence-corrected chi connectivity index (χ1v) is 14.6. The van der Waals surface area contributed by atoms with E-state index in [2.05, 4.69) is 20.3 Å². The molecule has 1 aromatic heterocycles. The third kappa shape index (κ3) is 10.6. The van der Waals surface area contributed by atoms with E-state index in [0.29, 0.717) is 18.7 Å². The lowest BCUT2D eigenvalue weighted by atomic mass is 10.0. The molecular weight excluding hydrogens is 582 g/mol. The van der Waals surface area contributed by atoms with Crippen LogP contribution in [0, 0.1) is 12.8 Å². The highest BCUT2D eigenvalue weighted by molar-refractivity contribution is 7.99. The molecule has 1 aliphatic heterocycles. The predicted octanol–water partition coefficient (Wildman–Crippen LogP) is 2.03. The summed E-state index contributed by atoms with van der Waals surface area (Å²) in [7, 11) is 0. The number of thioether (sulfide) groups is 1. The topological polar surface area (TPSA) is 221 Å². The first-order chi connectivity index (χ1) is 20.6. The molecule has 2 heterocycles. The molecule has 0 aliphatic carbocycles. The van der Waals surface area contributed by atoms with E-state index in [-0.39, 0.29) is 50.1 Å². The molecule has 2 aromatic rings. The summed E-state index contributed by atoms with van der Waals surface area (Å²) in [4.78, 5) is 65.5. The van der Waals surface area contributed by atoms with Crippen molar-refractivity contribution in [2.24, 2.45) is 16.8 Å². The molecular formula is C27H35N7O8S. The number of nitrogens with two attached hydrogens (primary N) is 1. The first-order valence-electron chi connectivity index (χ1n) is 13.6. The fourth-order valence-corrected chi connectivity index (χ4v) is 5.16. The minimum absolute atomic E-state index is 0.00378. The standard InChI is InChI=1S/C27H35N7O8S/c1-16(10-25(37)41-15-43-21-6-4-3-5-18(21)12-30-8-7-22(28)35)9-24(36)40-14-20-19(32-33-29)11-23(42-20)34-13-17(2)26(38)31-27(34)39/h3-6,13,16,19-20,23,30H,7-12,14-15H2,1-2H3,(H2,28,35)(H,31,38,39)/t16?,19-,20+,23+/m0/s1.